The van der Waals surface area contributed by atoms with Crippen molar-refractivity contribution in [3.8, 4) is 5.75 Å². The van der Waals surface area contributed by atoms with E-state index in [0.29, 0.717) is 0 Å². The molecule has 0 bridgehead atoms. The summed E-state index contributed by atoms with van der Waals surface area (Å²) in [5.41, 5.74) is 7.58. The third-order valence-corrected chi connectivity index (χ3v) is 3.32. The molecule has 0 fully saturated rings. The lowest BCUT2D eigenvalue weighted by Crippen LogP contribution is -1.92. The van der Waals surface area contributed by atoms with E-state index in [9.17, 15) is 0 Å². The third kappa shape index (κ3) is 3.10. The average molecular weight is 247 g/mol. The lowest BCUT2D eigenvalue weighted by atomic mass is 10.3. The van der Waals surface area contributed by atoms with Crippen LogP contribution in [-0.2, 0) is 5.75 Å². The molecule has 0 aliphatic rings. The SMILES string of the molecule is COc1ccc(N)c(SCc2cnccn2)c1. The number of ether oxygens (including phenoxy) is 1. The molecule has 2 N–H and O–H groups in total. The number of benzene rings is 1. The number of rotatable bonds is 4. The van der Waals surface area contributed by atoms with Gasteiger partial charge in [0, 0.05) is 34.9 Å². The smallest absolute Gasteiger partial charge is 0.120 e. The molecular weight excluding hydrogens is 234 g/mol. The number of methoxy groups -OCH3 is 1. The van der Waals surface area contributed by atoms with Crippen molar-refractivity contribution in [3.05, 3.63) is 42.5 Å². The Bertz CT molecular complexity index is 490. The Morgan fingerprint density at radius 1 is 1.35 bits per heavy atom. The van der Waals surface area contributed by atoms with Crippen LogP contribution in [0.25, 0.3) is 0 Å². The van der Waals surface area contributed by atoms with Crippen molar-refractivity contribution in [2.75, 3.05) is 12.8 Å². The van der Waals surface area contributed by atoms with Crippen LogP contribution in [0.4, 0.5) is 5.69 Å². The van der Waals surface area contributed by atoms with Crippen molar-refractivity contribution in [1.29, 1.82) is 0 Å². The van der Waals surface area contributed by atoms with E-state index in [1.54, 1.807) is 37.5 Å². The van der Waals surface area contributed by atoms with Crippen LogP contribution in [0, 0.1) is 0 Å². The van der Waals surface area contributed by atoms with Gasteiger partial charge in [-0.05, 0) is 18.2 Å². The van der Waals surface area contributed by atoms with Gasteiger partial charge in [-0.15, -0.1) is 11.8 Å². The molecule has 17 heavy (non-hydrogen) atoms. The molecule has 5 heteroatoms. The Labute approximate surface area is 104 Å². The van der Waals surface area contributed by atoms with Gasteiger partial charge in [0.25, 0.3) is 0 Å². The molecule has 0 aliphatic heterocycles. The van der Waals surface area contributed by atoms with E-state index in [4.69, 9.17) is 10.5 Å². The van der Waals surface area contributed by atoms with Crippen molar-refractivity contribution in [2.45, 2.75) is 10.6 Å². The standard InChI is InChI=1S/C12H13N3OS/c1-16-10-2-3-11(13)12(6-10)17-8-9-7-14-4-5-15-9/h2-7H,8,13H2,1H3. The quantitative estimate of drug-likeness (QED) is 0.664. The maximum atomic E-state index is 5.90. The summed E-state index contributed by atoms with van der Waals surface area (Å²) < 4.78 is 5.17. The van der Waals surface area contributed by atoms with Crippen LogP contribution in [0.2, 0.25) is 0 Å². The van der Waals surface area contributed by atoms with Crippen LogP contribution >= 0.6 is 11.8 Å². The summed E-state index contributed by atoms with van der Waals surface area (Å²) in [5, 5.41) is 0. The van der Waals surface area contributed by atoms with Gasteiger partial charge in [0.15, 0.2) is 0 Å². The summed E-state index contributed by atoms with van der Waals surface area (Å²) in [6.07, 6.45) is 5.10. The van der Waals surface area contributed by atoms with E-state index < -0.39 is 0 Å². The van der Waals surface area contributed by atoms with Crippen molar-refractivity contribution in [2.24, 2.45) is 0 Å². The molecule has 0 aliphatic carbocycles. The summed E-state index contributed by atoms with van der Waals surface area (Å²) in [6, 6.07) is 5.62. The second-order valence-corrected chi connectivity index (χ2v) is 4.41. The molecular formula is C12H13N3OS. The van der Waals surface area contributed by atoms with Crippen molar-refractivity contribution in [1.82, 2.24) is 9.97 Å². The monoisotopic (exact) mass is 247 g/mol. The summed E-state index contributed by atoms with van der Waals surface area (Å²) in [7, 11) is 1.64. The fourth-order valence-corrected chi connectivity index (χ4v) is 2.21. The molecule has 0 radical (unpaired) electrons. The highest BCUT2D eigenvalue weighted by molar-refractivity contribution is 7.98. The van der Waals surface area contributed by atoms with Gasteiger partial charge >= 0.3 is 0 Å². The molecule has 1 aromatic carbocycles. The highest BCUT2D eigenvalue weighted by Crippen LogP contribution is 2.30. The van der Waals surface area contributed by atoms with Crippen LogP contribution in [-0.4, -0.2) is 17.1 Å². The average Bonchev–Trinajstić information content (AvgIpc) is 2.39. The second-order valence-electron chi connectivity index (χ2n) is 3.39. The highest BCUT2D eigenvalue weighted by Gasteiger charge is 2.03. The van der Waals surface area contributed by atoms with E-state index in [2.05, 4.69) is 9.97 Å². The van der Waals surface area contributed by atoms with E-state index in [1.165, 1.54) is 0 Å². The van der Waals surface area contributed by atoms with Crippen molar-refractivity contribution in [3.63, 3.8) is 0 Å². The van der Waals surface area contributed by atoms with Gasteiger partial charge in [-0.2, -0.15) is 0 Å². The van der Waals surface area contributed by atoms with Gasteiger partial charge in [-0.3, -0.25) is 9.97 Å². The predicted octanol–water partition coefficient (Wildman–Crippen LogP) is 2.36. The molecule has 0 unspecified atom stereocenters. The number of thioether (sulfide) groups is 1. The number of hydrogen-bond acceptors (Lipinski definition) is 5. The molecule has 0 spiro atoms. The molecule has 1 heterocycles. The Morgan fingerprint density at radius 3 is 2.94 bits per heavy atom. The van der Waals surface area contributed by atoms with Crippen molar-refractivity contribution >= 4 is 17.4 Å². The van der Waals surface area contributed by atoms with Gasteiger partial charge in [0.1, 0.15) is 5.75 Å². The van der Waals surface area contributed by atoms with E-state index in [-0.39, 0.29) is 0 Å². The first kappa shape index (κ1) is 11.7. The molecule has 0 amide bonds. The molecule has 2 aromatic rings. The van der Waals surface area contributed by atoms with E-state index in [0.717, 1.165) is 27.8 Å². The largest absolute Gasteiger partial charge is 0.497 e. The van der Waals surface area contributed by atoms with E-state index >= 15 is 0 Å². The highest BCUT2D eigenvalue weighted by atomic mass is 32.2. The molecule has 0 atom stereocenters. The molecule has 1 aromatic heterocycles. The molecule has 88 valence electrons. The Morgan fingerprint density at radius 2 is 2.24 bits per heavy atom. The lowest BCUT2D eigenvalue weighted by molar-refractivity contribution is 0.414. The normalized spacial score (nSPS) is 10.2. The van der Waals surface area contributed by atoms with Crippen LogP contribution in [0.3, 0.4) is 0 Å². The van der Waals surface area contributed by atoms with Crippen LogP contribution in [0.5, 0.6) is 5.75 Å². The number of aromatic nitrogens is 2. The summed E-state index contributed by atoms with van der Waals surface area (Å²) in [6.45, 7) is 0. The van der Waals surface area contributed by atoms with Gasteiger partial charge in [0.2, 0.25) is 0 Å². The minimum absolute atomic E-state index is 0.741. The molecule has 0 saturated carbocycles. The summed E-state index contributed by atoms with van der Waals surface area (Å²) in [4.78, 5) is 9.23. The lowest BCUT2D eigenvalue weighted by Gasteiger charge is -2.07. The first-order valence-corrected chi connectivity index (χ1v) is 6.09. The topological polar surface area (TPSA) is 61.0 Å². The fraction of sp³-hybridized carbons (Fsp3) is 0.167. The zero-order chi connectivity index (χ0) is 12.1. The fourth-order valence-electron chi connectivity index (χ4n) is 1.32. The number of hydrogen-bond donors (Lipinski definition) is 1. The summed E-state index contributed by atoms with van der Waals surface area (Å²) in [5.74, 6) is 1.55. The number of nitrogens with two attached hydrogens (primary N) is 1. The first-order chi connectivity index (χ1) is 8.29. The maximum absolute atomic E-state index is 5.90. The number of anilines is 1. The minimum atomic E-state index is 0.741. The number of nitrogens with zero attached hydrogens (tertiary/aromatic N) is 2. The van der Waals surface area contributed by atoms with Gasteiger partial charge < -0.3 is 10.5 Å². The zero-order valence-electron chi connectivity index (χ0n) is 9.46. The predicted molar refractivity (Wildman–Crippen MR) is 69.0 cm³/mol. The van der Waals surface area contributed by atoms with E-state index in [1.807, 2.05) is 18.2 Å². The Kier molecular flexibility index (Phi) is 3.82. The van der Waals surface area contributed by atoms with Gasteiger partial charge in [-0.1, -0.05) is 0 Å². The van der Waals surface area contributed by atoms with Gasteiger partial charge in [-0.25, -0.2) is 0 Å². The third-order valence-electron chi connectivity index (χ3n) is 2.21. The Hall–Kier alpha value is -1.75. The molecule has 0 saturated heterocycles. The molecule has 4 nitrogen and oxygen atoms in total. The summed E-state index contributed by atoms with van der Waals surface area (Å²) >= 11 is 1.62. The van der Waals surface area contributed by atoms with Gasteiger partial charge in [0.05, 0.1) is 12.8 Å². The maximum Gasteiger partial charge on any atom is 0.120 e. The first-order valence-electron chi connectivity index (χ1n) is 5.11. The zero-order valence-corrected chi connectivity index (χ0v) is 10.3. The second kappa shape index (κ2) is 5.54. The molecule has 2 rings (SSSR count). The van der Waals surface area contributed by atoms with Crippen LogP contribution < -0.4 is 10.5 Å². The van der Waals surface area contributed by atoms with Crippen molar-refractivity contribution < 1.29 is 4.74 Å². The van der Waals surface area contributed by atoms with Crippen LogP contribution in [0.15, 0.2) is 41.7 Å². The Balaban J connectivity index is 2.08. The minimum Gasteiger partial charge on any atom is -0.497 e. The van der Waals surface area contributed by atoms with Crippen LogP contribution in [0.1, 0.15) is 5.69 Å². The number of nitrogen functional groups attached to an aromatic ring is 1.